The lowest BCUT2D eigenvalue weighted by atomic mass is 10.1. The van der Waals surface area contributed by atoms with Crippen molar-refractivity contribution in [1.82, 2.24) is 9.88 Å². The number of amides is 2. The fraction of sp³-hybridized carbons (Fsp3) is 0.600. The second-order valence-corrected chi connectivity index (χ2v) is 8.51. The number of methoxy groups -OCH3 is 1. The van der Waals surface area contributed by atoms with Crippen molar-refractivity contribution in [3.63, 3.8) is 0 Å². The van der Waals surface area contributed by atoms with Gasteiger partial charge in [0, 0.05) is 19.7 Å². The van der Waals surface area contributed by atoms with Gasteiger partial charge in [-0.3, -0.25) is 10.2 Å². The summed E-state index contributed by atoms with van der Waals surface area (Å²) in [7, 11) is 2.73. The zero-order valence-corrected chi connectivity index (χ0v) is 18.4. The van der Waals surface area contributed by atoms with Gasteiger partial charge in [-0.2, -0.15) is 0 Å². The highest BCUT2D eigenvalue weighted by Gasteiger charge is 2.31. The number of hydrogen-bond acceptors (Lipinski definition) is 7. The molecule has 2 amide bonds. The molecule has 1 heterocycles. The normalized spacial score (nSPS) is 12.6. The van der Waals surface area contributed by atoms with E-state index in [0.29, 0.717) is 11.4 Å². The second kappa shape index (κ2) is 9.58. The fourth-order valence-electron chi connectivity index (χ4n) is 2.23. The van der Waals surface area contributed by atoms with E-state index in [-0.39, 0.29) is 6.42 Å². The van der Waals surface area contributed by atoms with Crippen LogP contribution in [0.1, 0.15) is 47.1 Å². The van der Waals surface area contributed by atoms with E-state index in [1.807, 2.05) is 0 Å². The molecule has 1 aromatic heterocycles. The lowest BCUT2D eigenvalue weighted by Crippen LogP contribution is -2.46. The molecule has 29 heavy (non-hydrogen) atoms. The standard InChI is InChI=1S/C20H31N3O6/c1-19(2,3)28-17(25)22-15-10-9-13(12-21-15)11-14(16(24)27-8)23(7)18(26)29-20(4,5)6/h9-10,12,14H,11H2,1-8H3,(H,21,22,25)/t14-/m0/s1. The molecule has 1 rings (SSSR count). The van der Waals surface area contributed by atoms with E-state index in [0.717, 1.165) is 0 Å². The van der Waals surface area contributed by atoms with Crippen LogP contribution in [0.3, 0.4) is 0 Å². The van der Waals surface area contributed by atoms with Crippen molar-refractivity contribution >= 4 is 24.0 Å². The topological polar surface area (TPSA) is 107 Å². The number of esters is 1. The minimum atomic E-state index is -0.888. The van der Waals surface area contributed by atoms with E-state index in [9.17, 15) is 14.4 Å². The van der Waals surface area contributed by atoms with Gasteiger partial charge < -0.3 is 14.2 Å². The molecule has 9 nitrogen and oxygen atoms in total. The van der Waals surface area contributed by atoms with Gasteiger partial charge >= 0.3 is 18.2 Å². The summed E-state index contributed by atoms with van der Waals surface area (Å²) in [4.78, 5) is 41.7. The molecule has 162 valence electrons. The highest BCUT2D eigenvalue weighted by atomic mass is 16.6. The number of ether oxygens (including phenoxy) is 3. The number of carbonyl (C=O) groups is 3. The van der Waals surface area contributed by atoms with Gasteiger partial charge in [-0.1, -0.05) is 6.07 Å². The maximum absolute atomic E-state index is 12.3. The molecule has 0 aliphatic carbocycles. The maximum atomic E-state index is 12.3. The summed E-state index contributed by atoms with van der Waals surface area (Å²) in [6.45, 7) is 10.5. The first-order valence-electron chi connectivity index (χ1n) is 9.20. The molecular formula is C20H31N3O6. The zero-order valence-electron chi connectivity index (χ0n) is 18.4. The highest BCUT2D eigenvalue weighted by Crippen LogP contribution is 2.16. The first kappa shape index (κ1) is 24.2. The molecule has 0 saturated carbocycles. The molecule has 0 unspecified atom stereocenters. The van der Waals surface area contributed by atoms with E-state index in [2.05, 4.69) is 10.3 Å². The van der Waals surface area contributed by atoms with Gasteiger partial charge in [0.05, 0.1) is 7.11 Å². The minimum absolute atomic E-state index is 0.169. The van der Waals surface area contributed by atoms with Crippen LogP contribution in [0, 0.1) is 0 Å². The van der Waals surface area contributed by atoms with Crippen molar-refractivity contribution < 1.29 is 28.6 Å². The average Bonchev–Trinajstić information content (AvgIpc) is 2.56. The predicted octanol–water partition coefficient (Wildman–Crippen LogP) is 3.38. The third-order valence-electron chi connectivity index (χ3n) is 3.51. The van der Waals surface area contributed by atoms with Crippen molar-refractivity contribution in [3.05, 3.63) is 23.9 Å². The van der Waals surface area contributed by atoms with E-state index >= 15 is 0 Å². The van der Waals surface area contributed by atoms with Crippen molar-refractivity contribution in [2.24, 2.45) is 0 Å². The van der Waals surface area contributed by atoms with Gasteiger partial charge in [-0.15, -0.1) is 0 Å². The number of nitrogens with one attached hydrogen (secondary N) is 1. The maximum Gasteiger partial charge on any atom is 0.413 e. The molecule has 1 atom stereocenters. The van der Waals surface area contributed by atoms with Crippen LogP contribution in [-0.2, 0) is 25.4 Å². The summed E-state index contributed by atoms with van der Waals surface area (Å²) in [5.41, 5.74) is -0.641. The lowest BCUT2D eigenvalue weighted by Gasteiger charge is -2.29. The Morgan fingerprint density at radius 1 is 1.07 bits per heavy atom. The molecule has 0 radical (unpaired) electrons. The van der Waals surface area contributed by atoms with Crippen molar-refractivity contribution in [2.45, 2.75) is 65.2 Å². The SMILES string of the molecule is COC(=O)[C@H](Cc1ccc(NC(=O)OC(C)(C)C)nc1)N(C)C(=O)OC(C)(C)C. The molecule has 9 heteroatoms. The van der Waals surface area contributed by atoms with E-state index < -0.39 is 35.4 Å². The summed E-state index contributed by atoms with van der Waals surface area (Å²) in [5.74, 6) is -0.271. The number of carbonyl (C=O) groups excluding carboxylic acids is 3. The molecule has 0 aromatic carbocycles. The molecule has 0 bridgehead atoms. The Balaban J connectivity index is 2.86. The number of hydrogen-bond donors (Lipinski definition) is 1. The van der Waals surface area contributed by atoms with E-state index in [1.54, 1.807) is 53.7 Å². The largest absolute Gasteiger partial charge is 0.467 e. The number of nitrogens with zero attached hydrogens (tertiary/aromatic N) is 2. The third-order valence-corrected chi connectivity index (χ3v) is 3.51. The van der Waals surface area contributed by atoms with Crippen molar-refractivity contribution in [3.8, 4) is 0 Å². The van der Waals surface area contributed by atoms with Crippen LogP contribution in [0.15, 0.2) is 18.3 Å². The minimum Gasteiger partial charge on any atom is -0.467 e. The monoisotopic (exact) mass is 409 g/mol. The Hall–Kier alpha value is -2.84. The molecule has 0 spiro atoms. The van der Waals surface area contributed by atoms with Crippen LogP contribution in [0.5, 0.6) is 0 Å². The Morgan fingerprint density at radius 3 is 2.10 bits per heavy atom. The number of anilines is 1. The van der Waals surface area contributed by atoms with Gasteiger partial charge in [-0.25, -0.2) is 19.4 Å². The first-order valence-corrected chi connectivity index (χ1v) is 9.20. The molecule has 0 saturated heterocycles. The summed E-state index contributed by atoms with van der Waals surface area (Å²) in [6.07, 6.45) is 0.423. The number of rotatable bonds is 5. The van der Waals surface area contributed by atoms with Gasteiger partial charge in [0.15, 0.2) is 0 Å². The molecule has 1 N–H and O–H groups in total. The summed E-state index contributed by atoms with van der Waals surface area (Å²) >= 11 is 0. The molecular weight excluding hydrogens is 378 g/mol. The van der Waals surface area contributed by atoms with Crippen LogP contribution in [0.4, 0.5) is 15.4 Å². The van der Waals surface area contributed by atoms with Gasteiger partial charge in [0.25, 0.3) is 0 Å². The molecule has 0 aliphatic rings. The second-order valence-electron chi connectivity index (χ2n) is 8.51. The van der Waals surface area contributed by atoms with Crippen molar-refractivity contribution in [2.75, 3.05) is 19.5 Å². The summed E-state index contributed by atoms with van der Waals surface area (Å²) in [6, 6.07) is 2.39. The van der Waals surface area contributed by atoms with Gasteiger partial charge in [0.1, 0.15) is 23.1 Å². The number of likely N-dealkylation sites (N-methyl/N-ethyl adjacent to an activating group) is 1. The highest BCUT2D eigenvalue weighted by molar-refractivity contribution is 5.83. The Kier molecular flexibility index (Phi) is 7.99. The number of pyridine rings is 1. The van der Waals surface area contributed by atoms with Crippen LogP contribution in [0.2, 0.25) is 0 Å². The Bertz CT molecular complexity index is 719. The first-order chi connectivity index (χ1) is 13.2. The van der Waals surface area contributed by atoms with Crippen LogP contribution in [-0.4, -0.2) is 59.4 Å². The Labute approximate surface area is 171 Å². The third kappa shape index (κ3) is 8.80. The Morgan fingerprint density at radius 2 is 1.66 bits per heavy atom. The molecule has 0 fully saturated rings. The molecule has 0 aliphatic heterocycles. The quantitative estimate of drug-likeness (QED) is 0.587. The van der Waals surface area contributed by atoms with Crippen LogP contribution >= 0.6 is 0 Å². The van der Waals surface area contributed by atoms with E-state index in [1.165, 1.54) is 25.3 Å². The summed E-state index contributed by atoms with van der Waals surface area (Å²) in [5, 5.41) is 2.53. The summed E-state index contributed by atoms with van der Waals surface area (Å²) < 4.78 is 15.3. The average molecular weight is 409 g/mol. The molecule has 1 aromatic rings. The van der Waals surface area contributed by atoms with Gasteiger partial charge in [-0.05, 0) is 53.2 Å². The van der Waals surface area contributed by atoms with E-state index in [4.69, 9.17) is 14.2 Å². The predicted molar refractivity (Wildman–Crippen MR) is 108 cm³/mol. The van der Waals surface area contributed by atoms with Crippen molar-refractivity contribution in [1.29, 1.82) is 0 Å². The number of aromatic nitrogens is 1. The fourth-order valence-corrected chi connectivity index (χ4v) is 2.23. The van der Waals surface area contributed by atoms with Crippen LogP contribution < -0.4 is 5.32 Å². The zero-order chi connectivity index (χ0) is 22.4. The smallest absolute Gasteiger partial charge is 0.413 e. The van der Waals surface area contributed by atoms with Crippen LogP contribution in [0.25, 0.3) is 0 Å². The lowest BCUT2D eigenvalue weighted by molar-refractivity contribution is -0.146. The van der Waals surface area contributed by atoms with Gasteiger partial charge in [0.2, 0.25) is 0 Å².